The fourth-order valence-electron chi connectivity index (χ4n) is 1.94. The summed E-state index contributed by atoms with van der Waals surface area (Å²) in [5.74, 6) is 0. The Labute approximate surface area is 118 Å². The molecular weight excluding hydrogens is 256 g/mol. The van der Waals surface area contributed by atoms with Crippen molar-refractivity contribution >= 4 is 16.5 Å². The van der Waals surface area contributed by atoms with Crippen LogP contribution in [0.5, 0.6) is 0 Å². The van der Waals surface area contributed by atoms with Crippen LogP contribution in [0.15, 0.2) is 24.5 Å². The van der Waals surface area contributed by atoms with Gasteiger partial charge in [0.1, 0.15) is 0 Å². The van der Waals surface area contributed by atoms with Crippen LogP contribution >= 0.6 is 11.3 Å². The highest BCUT2D eigenvalue weighted by molar-refractivity contribution is 7.15. The molecule has 1 N–H and O–H groups in total. The molecule has 0 unspecified atom stereocenters. The lowest BCUT2D eigenvalue weighted by atomic mass is 10.2. The highest BCUT2D eigenvalue weighted by Crippen LogP contribution is 2.27. The Morgan fingerprint density at radius 2 is 2.05 bits per heavy atom. The number of nitrogens with zero attached hydrogens (tertiary/aromatic N) is 3. The van der Waals surface area contributed by atoms with E-state index in [0.717, 1.165) is 24.6 Å². The average molecular weight is 276 g/mol. The predicted molar refractivity (Wildman–Crippen MR) is 80.6 cm³/mol. The van der Waals surface area contributed by atoms with Crippen LogP contribution in [0.2, 0.25) is 0 Å². The van der Waals surface area contributed by atoms with E-state index in [4.69, 9.17) is 4.98 Å². The maximum absolute atomic E-state index is 4.73. The fourth-order valence-corrected chi connectivity index (χ4v) is 3.06. The molecule has 0 spiro atoms. The van der Waals surface area contributed by atoms with Gasteiger partial charge in [-0.1, -0.05) is 6.92 Å². The highest BCUT2D eigenvalue weighted by Gasteiger charge is 2.12. The van der Waals surface area contributed by atoms with Gasteiger partial charge in [0.05, 0.1) is 5.69 Å². The quantitative estimate of drug-likeness (QED) is 0.880. The van der Waals surface area contributed by atoms with Gasteiger partial charge in [-0.3, -0.25) is 4.98 Å². The molecule has 2 aromatic rings. The van der Waals surface area contributed by atoms with Crippen molar-refractivity contribution in [1.82, 2.24) is 15.3 Å². The van der Waals surface area contributed by atoms with Gasteiger partial charge in [0.25, 0.3) is 0 Å². The summed E-state index contributed by atoms with van der Waals surface area (Å²) in [6.07, 6.45) is 4.64. The number of aromatic nitrogens is 2. The Balaban J connectivity index is 2.12. The van der Waals surface area contributed by atoms with Crippen LogP contribution in [0.25, 0.3) is 0 Å². The van der Waals surface area contributed by atoms with Crippen LogP contribution in [-0.2, 0) is 19.5 Å². The summed E-state index contributed by atoms with van der Waals surface area (Å²) in [5.41, 5.74) is 2.46. The van der Waals surface area contributed by atoms with Gasteiger partial charge in [0.15, 0.2) is 5.13 Å². The zero-order chi connectivity index (χ0) is 13.7. The van der Waals surface area contributed by atoms with E-state index in [-0.39, 0.29) is 0 Å². The lowest BCUT2D eigenvalue weighted by Gasteiger charge is -2.15. The summed E-state index contributed by atoms with van der Waals surface area (Å²) in [6, 6.07) is 4.08. The molecule has 4 nitrogen and oxygen atoms in total. The summed E-state index contributed by atoms with van der Waals surface area (Å²) in [7, 11) is 4.06. The molecule has 0 aromatic carbocycles. The summed E-state index contributed by atoms with van der Waals surface area (Å²) in [4.78, 5) is 12.3. The van der Waals surface area contributed by atoms with Gasteiger partial charge in [0.2, 0.25) is 0 Å². The first-order valence-electron chi connectivity index (χ1n) is 6.47. The van der Waals surface area contributed by atoms with Crippen molar-refractivity contribution in [3.63, 3.8) is 0 Å². The van der Waals surface area contributed by atoms with Crippen LogP contribution < -0.4 is 10.2 Å². The molecule has 0 aliphatic carbocycles. The topological polar surface area (TPSA) is 41.1 Å². The fraction of sp³-hybridized carbons (Fsp3) is 0.429. The van der Waals surface area contributed by atoms with Crippen molar-refractivity contribution in [2.75, 3.05) is 19.0 Å². The first-order valence-corrected chi connectivity index (χ1v) is 7.29. The Morgan fingerprint density at radius 3 is 2.68 bits per heavy atom. The largest absolute Gasteiger partial charge is 0.347 e. The van der Waals surface area contributed by atoms with Crippen LogP contribution in [0.4, 0.5) is 5.13 Å². The minimum Gasteiger partial charge on any atom is -0.347 e. The van der Waals surface area contributed by atoms with Gasteiger partial charge < -0.3 is 10.2 Å². The van der Waals surface area contributed by atoms with Gasteiger partial charge in [-0.2, -0.15) is 0 Å². The molecule has 0 radical (unpaired) electrons. The lowest BCUT2D eigenvalue weighted by Crippen LogP contribution is -2.16. The number of anilines is 1. The number of nitrogens with one attached hydrogen (secondary N) is 1. The maximum atomic E-state index is 4.73. The third kappa shape index (κ3) is 3.52. The van der Waals surface area contributed by atoms with E-state index in [1.165, 1.54) is 16.1 Å². The van der Waals surface area contributed by atoms with Crippen molar-refractivity contribution in [2.24, 2.45) is 0 Å². The van der Waals surface area contributed by atoms with Crippen molar-refractivity contribution in [3.8, 4) is 0 Å². The van der Waals surface area contributed by atoms with Gasteiger partial charge in [-0.15, -0.1) is 11.3 Å². The van der Waals surface area contributed by atoms with Gasteiger partial charge in [-0.05, 0) is 31.2 Å². The second-order valence-electron chi connectivity index (χ2n) is 4.46. The lowest BCUT2D eigenvalue weighted by molar-refractivity contribution is 0.813. The van der Waals surface area contributed by atoms with E-state index in [0.29, 0.717) is 0 Å². The number of thiazole rings is 1. The first-order chi connectivity index (χ1) is 9.24. The molecule has 0 amide bonds. The zero-order valence-corrected chi connectivity index (χ0v) is 12.5. The SMILES string of the molecule is CCc1nc(N(C)Cc2ccncc2)sc1CNC. The molecule has 2 heterocycles. The number of pyridine rings is 1. The van der Waals surface area contributed by atoms with E-state index in [2.05, 4.69) is 29.2 Å². The van der Waals surface area contributed by atoms with Crippen LogP contribution in [-0.4, -0.2) is 24.1 Å². The second-order valence-corrected chi connectivity index (χ2v) is 5.52. The summed E-state index contributed by atoms with van der Waals surface area (Å²) < 4.78 is 0. The van der Waals surface area contributed by atoms with Crippen molar-refractivity contribution in [1.29, 1.82) is 0 Å². The molecule has 0 saturated carbocycles. The second kappa shape index (κ2) is 6.63. The first kappa shape index (κ1) is 14.0. The Bertz CT molecular complexity index is 509. The van der Waals surface area contributed by atoms with Gasteiger partial charge in [-0.25, -0.2) is 4.98 Å². The summed E-state index contributed by atoms with van der Waals surface area (Å²) in [6.45, 7) is 3.91. The smallest absolute Gasteiger partial charge is 0.185 e. The van der Waals surface area contributed by atoms with E-state index >= 15 is 0 Å². The van der Waals surface area contributed by atoms with E-state index in [1.807, 2.05) is 31.6 Å². The highest BCUT2D eigenvalue weighted by atomic mass is 32.1. The molecule has 0 bridgehead atoms. The van der Waals surface area contributed by atoms with E-state index < -0.39 is 0 Å². The third-order valence-electron chi connectivity index (χ3n) is 2.93. The summed E-state index contributed by atoms with van der Waals surface area (Å²) in [5, 5.41) is 4.29. The predicted octanol–water partition coefficient (Wildman–Crippen LogP) is 2.46. The van der Waals surface area contributed by atoms with Crippen molar-refractivity contribution in [2.45, 2.75) is 26.4 Å². The monoisotopic (exact) mass is 276 g/mol. The molecule has 0 saturated heterocycles. The Kier molecular flexibility index (Phi) is 4.87. The number of hydrogen-bond donors (Lipinski definition) is 1. The maximum Gasteiger partial charge on any atom is 0.185 e. The average Bonchev–Trinajstić information content (AvgIpc) is 2.83. The molecule has 19 heavy (non-hydrogen) atoms. The summed E-state index contributed by atoms with van der Waals surface area (Å²) >= 11 is 1.77. The van der Waals surface area contributed by atoms with Crippen LogP contribution in [0, 0.1) is 0 Å². The Morgan fingerprint density at radius 1 is 1.32 bits per heavy atom. The van der Waals surface area contributed by atoms with Gasteiger partial charge >= 0.3 is 0 Å². The van der Waals surface area contributed by atoms with E-state index in [1.54, 1.807) is 11.3 Å². The minimum atomic E-state index is 0.859. The minimum absolute atomic E-state index is 0.859. The van der Waals surface area contributed by atoms with Crippen molar-refractivity contribution in [3.05, 3.63) is 40.7 Å². The standard InChI is InChI=1S/C14H20N4S/c1-4-12-13(9-15-2)19-14(17-12)18(3)10-11-5-7-16-8-6-11/h5-8,15H,4,9-10H2,1-3H3. The van der Waals surface area contributed by atoms with Crippen LogP contribution in [0.3, 0.4) is 0 Å². The molecular formula is C14H20N4S. The molecule has 0 aliphatic rings. The molecule has 5 heteroatoms. The normalized spacial score (nSPS) is 10.7. The van der Waals surface area contributed by atoms with Gasteiger partial charge in [0, 0.05) is 37.4 Å². The Hall–Kier alpha value is -1.46. The number of rotatable bonds is 6. The molecule has 2 rings (SSSR count). The zero-order valence-electron chi connectivity index (χ0n) is 11.7. The van der Waals surface area contributed by atoms with Crippen LogP contribution in [0.1, 0.15) is 23.1 Å². The molecule has 0 aliphatic heterocycles. The number of aryl methyl sites for hydroxylation is 1. The third-order valence-corrected chi connectivity index (χ3v) is 4.15. The molecule has 0 atom stereocenters. The molecule has 0 fully saturated rings. The number of hydrogen-bond acceptors (Lipinski definition) is 5. The molecule has 2 aromatic heterocycles. The van der Waals surface area contributed by atoms with Crippen molar-refractivity contribution < 1.29 is 0 Å². The van der Waals surface area contributed by atoms with E-state index in [9.17, 15) is 0 Å². The molecule has 102 valence electrons.